The molecule has 1 aliphatic rings. The summed E-state index contributed by atoms with van der Waals surface area (Å²) in [5.74, 6) is 0.726. The highest BCUT2D eigenvalue weighted by Crippen LogP contribution is 2.07. The Morgan fingerprint density at radius 1 is 1.33 bits per heavy atom. The maximum atomic E-state index is 5.74. The Morgan fingerprint density at radius 2 is 2.07 bits per heavy atom. The molecule has 0 aromatic heterocycles. The molecule has 1 atom stereocenters. The van der Waals surface area contributed by atoms with Gasteiger partial charge >= 0.3 is 0 Å². The number of morpholine rings is 1. The van der Waals surface area contributed by atoms with Crippen molar-refractivity contribution >= 4 is 0 Å². The molecular weight excluding hydrogens is 188 g/mol. The van der Waals surface area contributed by atoms with Crippen molar-refractivity contribution in [1.29, 1.82) is 0 Å². The zero-order valence-electron chi connectivity index (χ0n) is 10.6. The van der Waals surface area contributed by atoms with Crippen LogP contribution in [0.25, 0.3) is 0 Å². The van der Waals surface area contributed by atoms with Crippen molar-refractivity contribution in [3.63, 3.8) is 0 Å². The van der Waals surface area contributed by atoms with Crippen molar-refractivity contribution in [2.75, 3.05) is 32.8 Å². The molecule has 0 bridgehead atoms. The number of nitrogens with zero attached hydrogens (tertiary/aromatic N) is 1. The van der Waals surface area contributed by atoms with E-state index in [-0.39, 0.29) is 0 Å². The second-order valence-corrected chi connectivity index (χ2v) is 5.14. The van der Waals surface area contributed by atoms with Crippen LogP contribution in [0.1, 0.15) is 27.7 Å². The van der Waals surface area contributed by atoms with Gasteiger partial charge in [0.2, 0.25) is 0 Å². The van der Waals surface area contributed by atoms with Crippen LogP contribution in [0.2, 0.25) is 0 Å². The summed E-state index contributed by atoms with van der Waals surface area (Å²) in [6.45, 7) is 14.2. The van der Waals surface area contributed by atoms with Crippen LogP contribution in [-0.4, -0.2) is 49.8 Å². The van der Waals surface area contributed by atoms with Gasteiger partial charge in [0.05, 0.1) is 12.7 Å². The molecule has 1 aliphatic heterocycles. The van der Waals surface area contributed by atoms with Crippen molar-refractivity contribution in [3.05, 3.63) is 0 Å². The molecule has 1 rings (SSSR count). The predicted octanol–water partition coefficient (Wildman–Crippen LogP) is 1.34. The lowest BCUT2D eigenvalue weighted by atomic mass is 10.1. The molecule has 0 aliphatic carbocycles. The molecule has 1 unspecified atom stereocenters. The lowest BCUT2D eigenvalue weighted by Crippen LogP contribution is -2.47. The number of hydrogen-bond acceptors (Lipinski definition) is 3. The van der Waals surface area contributed by atoms with E-state index in [9.17, 15) is 0 Å². The van der Waals surface area contributed by atoms with Crippen LogP contribution in [0.3, 0.4) is 0 Å². The summed E-state index contributed by atoms with van der Waals surface area (Å²) in [6, 6.07) is 0.609. The lowest BCUT2D eigenvalue weighted by molar-refractivity contribution is -0.00267. The first kappa shape index (κ1) is 12.9. The Morgan fingerprint density at radius 3 is 2.53 bits per heavy atom. The third-order valence-corrected chi connectivity index (χ3v) is 2.77. The summed E-state index contributed by atoms with van der Waals surface area (Å²) in [7, 11) is 0. The van der Waals surface area contributed by atoms with E-state index < -0.39 is 0 Å². The Hall–Kier alpha value is -0.120. The predicted molar refractivity (Wildman–Crippen MR) is 64.2 cm³/mol. The zero-order chi connectivity index (χ0) is 11.3. The molecule has 0 spiro atoms. The summed E-state index contributed by atoms with van der Waals surface area (Å²) in [5.41, 5.74) is 0. The molecule has 90 valence electrons. The minimum absolute atomic E-state index is 0.375. The fraction of sp³-hybridized carbons (Fsp3) is 1.00. The molecular formula is C12H26N2O. The summed E-state index contributed by atoms with van der Waals surface area (Å²) in [4.78, 5) is 2.52. The second kappa shape index (κ2) is 6.46. The Bertz CT molecular complexity index is 165. The summed E-state index contributed by atoms with van der Waals surface area (Å²) in [5, 5.41) is 3.38. The molecule has 1 saturated heterocycles. The van der Waals surface area contributed by atoms with Gasteiger partial charge in [0.25, 0.3) is 0 Å². The van der Waals surface area contributed by atoms with E-state index in [0.717, 1.165) is 38.7 Å². The number of ether oxygens (including phenoxy) is 1. The maximum Gasteiger partial charge on any atom is 0.0826 e. The highest BCUT2D eigenvalue weighted by Gasteiger charge is 2.19. The molecule has 3 nitrogen and oxygen atoms in total. The molecule has 0 aromatic carbocycles. The van der Waals surface area contributed by atoms with Gasteiger partial charge in [0.15, 0.2) is 0 Å². The molecule has 3 heteroatoms. The van der Waals surface area contributed by atoms with Gasteiger partial charge in [-0.1, -0.05) is 13.8 Å². The van der Waals surface area contributed by atoms with Gasteiger partial charge in [0.1, 0.15) is 0 Å². The topological polar surface area (TPSA) is 24.5 Å². The van der Waals surface area contributed by atoms with Crippen molar-refractivity contribution in [2.24, 2.45) is 5.92 Å². The highest BCUT2D eigenvalue weighted by molar-refractivity contribution is 4.74. The van der Waals surface area contributed by atoms with Crippen LogP contribution in [0, 0.1) is 5.92 Å². The number of rotatable bonds is 5. The minimum atomic E-state index is 0.375. The summed E-state index contributed by atoms with van der Waals surface area (Å²) < 4.78 is 5.74. The van der Waals surface area contributed by atoms with E-state index in [1.165, 1.54) is 0 Å². The molecule has 0 amide bonds. The van der Waals surface area contributed by atoms with Crippen molar-refractivity contribution in [2.45, 2.75) is 39.8 Å². The highest BCUT2D eigenvalue weighted by atomic mass is 16.5. The zero-order valence-corrected chi connectivity index (χ0v) is 10.6. The van der Waals surface area contributed by atoms with Crippen LogP contribution in [0.5, 0.6) is 0 Å². The molecule has 0 radical (unpaired) electrons. The van der Waals surface area contributed by atoms with E-state index in [1.807, 2.05) is 0 Å². The Kier molecular flexibility index (Phi) is 5.58. The van der Waals surface area contributed by atoms with E-state index in [0.29, 0.717) is 12.1 Å². The van der Waals surface area contributed by atoms with Crippen LogP contribution in [0.15, 0.2) is 0 Å². The average molecular weight is 214 g/mol. The monoisotopic (exact) mass is 214 g/mol. The van der Waals surface area contributed by atoms with Gasteiger partial charge in [-0.25, -0.2) is 0 Å². The Balaban J connectivity index is 2.35. The Labute approximate surface area is 94.2 Å². The quantitative estimate of drug-likeness (QED) is 0.747. The normalized spacial score (nSPS) is 23.0. The fourth-order valence-electron chi connectivity index (χ4n) is 1.96. The van der Waals surface area contributed by atoms with Crippen molar-refractivity contribution in [1.82, 2.24) is 10.2 Å². The molecule has 1 N–H and O–H groups in total. The lowest BCUT2D eigenvalue weighted by Gasteiger charge is -2.33. The average Bonchev–Trinajstić information content (AvgIpc) is 2.17. The SMILES string of the molecule is CC(C)CN(CC1CNCCO1)C(C)C. The molecule has 15 heavy (non-hydrogen) atoms. The van der Waals surface area contributed by atoms with E-state index in [1.54, 1.807) is 0 Å². The molecule has 0 saturated carbocycles. The minimum Gasteiger partial charge on any atom is -0.374 e. The first-order chi connectivity index (χ1) is 7.09. The van der Waals surface area contributed by atoms with Gasteiger partial charge in [-0.05, 0) is 19.8 Å². The van der Waals surface area contributed by atoms with Gasteiger partial charge < -0.3 is 10.1 Å². The van der Waals surface area contributed by atoms with Crippen LogP contribution in [-0.2, 0) is 4.74 Å². The summed E-state index contributed by atoms with van der Waals surface area (Å²) >= 11 is 0. The third-order valence-electron chi connectivity index (χ3n) is 2.77. The number of nitrogens with one attached hydrogen (secondary N) is 1. The van der Waals surface area contributed by atoms with Crippen molar-refractivity contribution < 1.29 is 4.74 Å². The van der Waals surface area contributed by atoms with E-state index in [2.05, 4.69) is 37.9 Å². The standard InChI is InChI=1S/C12H26N2O/c1-10(2)8-14(11(3)4)9-12-7-13-5-6-15-12/h10-13H,5-9H2,1-4H3. The van der Waals surface area contributed by atoms with Gasteiger partial charge in [-0.15, -0.1) is 0 Å². The summed E-state index contributed by atoms with van der Waals surface area (Å²) in [6.07, 6.45) is 0.375. The van der Waals surface area contributed by atoms with Crippen molar-refractivity contribution in [3.8, 4) is 0 Å². The first-order valence-electron chi connectivity index (χ1n) is 6.16. The third kappa shape index (κ3) is 4.96. The van der Waals surface area contributed by atoms with E-state index in [4.69, 9.17) is 4.74 Å². The van der Waals surface area contributed by atoms with Crippen LogP contribution < -0.4 is 5.32 Å². The van der Waals surface area contributed by atoms with Gasteiger partial charge in [-0.3, -0.25) is 4.90 Å². The number of hydrogen-bond donors (Lipinski definition) is 1. The van der Waals surface area contributed by atoms with Gasteiger partial charge in [-0.2, -0.15) is 0 Å². The smallest absolute Gasteiger partial charge is 0.0826 e. The van der Waals surface area contributed by atoms with Gasteiger partial charge in [0, 0.05) is 32.2 Å². The maximum absolute atomic E-state index is 5.74. The van der Waals surface area contributed by atoms with Crippen LogP contribution in [0.4, 0.5) is 0 Å². The van der Waals surface area contributed by atoms with Crippen LogP contribution >= 0.6 is 0 Å². The molecule has 1 heterocycles. The first-order valence-corrected chi connectivity index (χ1v) is 6.16. The second-order valence-electron chi connectivity index (χ2n) is 5.14. The van der Waals surface area contributed by atoms with E-state index >= 15 is 0 Å². The fourth-order valence-corrected chi connectivity index (χ4v) is 1.96. The molecule has 1 fully saturated rings. The molecule has 0 aromatic rings. The largest absolute Gasteiger partial charge is 0.374 e.